The van der Waals surface area contributed by atoms with Gasteiger partial charge in [-0.3, -0.25) is 4.90 Å². The van der Waals surface area contributed by atoms with Crippen molar-refractivity contribution >= 4 is 6.03 Å². The van der Waals surface area contributed by atoms with Crippen molar-refractivity contribution in [3.05, 3.63) is 24.0 Å². The third kappa shape index (κ3) is 2.42. The molecule has 0 saturated heterocycles. The lowest BCUT2D eigenvalue weighted by Crippen LogP contribution is -2.54. The van der Waals surface area contributed by atoms with Crippen LogP contribution in [0.15, 0.2) is 24.0 Å². The van der Waals surface area contributed by atoms with E-state index in [-0.39, 0.29) is 24.9 Å². The molecule has 2 heterocycles. The molecular formula is C11H17N3O3. The van der Waals surface area contributed by atoms with Crippen molar-refractivity contribution in [2.24, 2.45) is 0 Å². The van der Waals surface area contributed by atoms with Crippen LogP contribution < -0.4 is 10.6 Å². The zero-order valence-corrected chi connectivity index (χ0v) is 9.88. The number of rotatable bonds is 4. The number of nitrogens with one attached hydrogen (secondary N) is 2. The topological polar surface area (TPSA) is 73.8 Å². The highest BCUT2D eigenvalue weighted by molar-refractivity contribution is 5.78. The second-order valence-corrected chi connectivity index (χ2v) is 4.15. The summed E-state index contributed by atoms with van der Waals surface area (Å²) in [5.74, 6) is 0. The molecule has 0 aliphatic carbocycles. The van der Waals surface area contributed by atoms with Crippen LogP contribution in [0, 0.1) is 0 Å². The third-order valence-electron chi connectivity index (χ3n) is 2.74. The van der Waals surface area contributed by atoms with Crippen LogP contribution in [0.3, 0.4) is 0 Å². The first kappa shape index (κ1) is 11.9. The van der Waals surface area contributed by atoms with Gasteiger partial charge in [-0.05, 0) is 26.1 Å². The normalized spacial score (nSPS) is 25.8. The molecular weight excluding hydrogens is 222 g/mol. The Bertz CT molecular complexity index is 367. The summed E-state index contributed by atoms with van der Waals surface area (Å²) in [4.78, 5) is 13.3. The first-order chi connectivity index (χ1) is 8.11. The summed E-state index contributed by atoms with van der Waals surface area (Å²) in [5, 5.41) is 14.7. The molecule has 0 aromatic carbocycles. The molecule has 94 valence electrons. The van der Waals surface area contributed by atoms with Crippen LogP contribution in [-0.4, -0.2) is 41.1 Å². The fourth-order valence-electron chi connectivity index (χ4n) is 1.81. The number of nitrogens with zero attached hydrogens (tertiary/aromatic N) is 1. The van der Waals surface area contributed by atoms with Crippen LogP contribution in [-0.2, 0) is 4.74 Å². The maximum absolute atomic E-state index is 11.8. The van der Waals surface area contributed by atoms with E-state index in [0.717, 1.165) is 5.57 Å². The van der Waals surface area contributed by atoms with E-state index >= 15 is 0 Å². The van der Waals surface area contributed by atoms with E-state index in [1.54, 1.807) is 26.2 Å². The van der Waals surface area contributed by atoms with E-state index in [9.17, 15) is 4.79 Å². The molecule has 0 fully saturated rings. The number of ether oxygens (including phenoxy) is 1. The summed E-state index contributed by atoms with van der Waals surface area (Å²) in [6.07, 6.45) is 4.60. The smallest absolute Gasteiger partial charge is 0.325 e. The van der Waals surface area contributed by atoms with Gasteiger partial charge in [-0.1, -0.05) is 0 Å². The molecule has 6 heteroatoms. The number of aliphatic hydroxyl groups excluding tert-OH is 1. The molecule has 2 amide bonds. The molecule has 0 spiro atoms. The highest BCUT2D eigenvalue weighted by Crippen LogP contribution is 2.18. The number of carbonyl (C=O) groups excluding carboxylic acids is 1. The standard InChI is InChI=1S/C11H17N3O3/c1-7(6-15)17-8(2)14-5-9-3-4-12-10(9)13-11(14)16/h3-5,7-8,10,12,15H,6H2,1-2H3,(H,13,16). The minimum atomic E-state index is -0.417. The fourth-order valence-corrected chi connectivity index (χ4v) is 1.81. The molecule has 3 unspecified atom stereocenters. The van der Waals surface area contributed by atoms with Crippen LogP contribution in [0.4, 0.5) is 4.79 Å². The van der Waals surface area contributed by atoms with Gasteiger partial charge in [0.25, 0.3) is 0 Å². The molecule has 3 N–H and O–H groups in total. The first-order valence-corrected chi connectivity index (χ1v) is 5.61. The van der Waals surface area contributed by atoms with Crippen molar-refractivity contribution in [1.29, 1.82) is 0 Å². The number of urea groups is 1. The Morgan fingerprint density at radius 2 is 2.35 bits per heavy atom. The van der Waals surface area contributed by atoms with Crippen LogP contribution >= 0.6 is 0 Å². The van der Waals surface area contributed by atoms with Gasteiger partial charge < -0.3 is 20.5 Å². The molecule has 6 nitrogen and oxygen atoms in total. The van der Waals surface area contributed by atoms with Crippen molar-refractivity contribution < 1.29 is 14.6 Å². The van der Waals surface area contributed by atoms with Crippen LogP contribution in [0.1, 0.15) is 13.8 Å². The second kappa shape index (κ2) is 4.77. The zero-order valence-electron chi connectivity index (χ0n) is 9.88. The van der Waals surface area contributed by atoms with Crippen LogP contribution in [0.5, 0.6) is 0 Å². The number of amides is 2. The lowest BCUT2D eigenvalue weighted by Gasteiger charge is -2.33. The van der Waals surface area contributed by atoms with Gasteiger partial charge in [0.1, 0.15) is 12.4 Å². The monoisotopic (exact) mass is 239 g/mol. The summed E-state index contributed by atoms with van der Waals surface area (Å²) >= 11 is 0. The zero-order chi connectivity index (χ0) is 12.4. The SMILES string of the molecule is CC(CO)OC(C)N1C=C2C=CNC2NC1=O. The van der Waals surface area contributed by atoms with Crippen LogP contribution in [0.25, 0.3) is 0 Å². The van der Waals surface area contributed by atoms with Crippen molar-refractivity contribution in [1.82, 2.24) is 15.5 Å². The van der Waals surface area contributed by atoms with Gasteiger partial charge in [-0.25, -0.2) is 4.79 Å². The molecule has 0 saturated carbocycles. The minimum Gasteiger partial charge on any atom is -0.394 e. The van der Waals surface area contributed by atoms with Crippen LogP contribution in [0.2, 0.25) is 0 Å². The molecule has 2 rings (SSSR count). The maximum atomic E-state index is 11.8. The Balaban J connectivity index is 2.06. The summed E-state index contributed by atoms with van der Waals surface area (Å²) in [5.41, 5.74) is 0.983. The van der Waals surface area contributed by atoms with Gasteiger partial charge in [0.15, 0.2) is 0 Å². The fraction of sp³-hybridized carbons (Fsp3) is 0.545. The molecule has 0 radical (unpaired) electrons. The highest BCUT2D eigenvalue weighted by atomic mass is 16.5. The lowest BCUT2D eigenvalue weighted by molar-refractivity contribution is -0.0684. The van der Waals surface area contributed by atoms with Gasteiger partial charge >= 0.3 is 6.03 Å². The summed E-state index contributed by atoms with van der Waals surface area (Å²) < 4.78 is 5.48. The highest BCUT2D eigenvalue weighted by Gasteiger charge is 2.30. The van der Waals surface area contributed by atoms with Crippen molar-refractivity contribution in [3.63, 3.8) is 0 Å². The second-order valence-electron chi connectivity index (χ2n) is 4.15. The molecule has 2 aliphatic rings. The van der Waals surface area contributed by atoms with E-state index in [1.165, 1.54) is 4.90 Å². The van der Waals surface area contributed by atoms with Gasteiger partial charge in [0, 0.05) is 11.8 Å². The van der Waals surface area contributed by atoms with Crippen molar-refractivity contribution in [2.75, 3.05) is 6.61 Å². The number of hydrogen-bond acceptors (Lipinski definition) is 4. The van der Waals surface area contributed by atoms with Gasteiger partial charge in [-0.2, -0.15) is 0 Å². The average Bonchev–Trinajstić information content (AvgIpc) is 2.74. The molecule has 2 aliphatic heterocycles. The third-order valence-corrected chi connectivity index (χ3v) is 2.74. The number of aliphatic hydroxyl groups is 1. The van der Waals surface area contributed by atoms with Gasteiger partial charge in [-0.15, -0.1) is 0 Å². The van der Waals surface area contributed by atoms with E-state index in [2.05, 4.69) is 10.6 Å². The molecule has 3 atom stereocenters. The first-order valence-electron chi connectivity index (χ1n) is 5.61. The van der Waals surface area contributed by atoms with E-state index in [4.69, 9.17) is 9.84 Å². The molecule has 0 aromatic rings. The number of hydrogen-bond donors (Lipinski definition) is 3. The Morgan fingerprint density at radius 3 is 3.06 bits per heavy atom. The molecule has 0 bridgehead atoms. The summed E-state index contributed by atoms with van der Waals surface area (Å²) in [6.45, 7) is 3.46. The van der Waals surface area contributed by atoms with E-state index in [1.807, 2.05) is 6.08 Å². The van der Waals surface area contributed by atoms with Crippen molar-refractivity contribution in [3.8, 4) is 0 Å². The number of fused-ring (bicyclic) bond motifs is 1. The predicted octanol–water partition coefficient (Wildman–Crippen LogP) is 0.0819. The average molecular weight is 239 g/mol. The quantitative estimate of drug-likeness (QED) is 0.649. The predicted molar refractivity (Wildman–Crippen MR) is 61.6 cm³/mol. The molecule has 17 heavy (non-hydrogen) atoms. The largest absolute Gasteiger partial charge is 0.394 e. The summed E-state index contributed by atoms with van der Waals surface area (Å²) in [6, 6.07) is -0.215. The van der Waals surface area contributed by atoms with E-state index in [0.29, 0.717) is 0 Å². The van der Waals surface area contributed by atoms with Gasteiger partial charge in [0.2, 0.25) is 0 Å². The Kier molecular flexibility index (Phi) is 3.35. The Hall–Kier alpha value is -1.53. The Labute approximate surface area is 99.9 Å². The Morgan fingerprint density at radius 1 is 1.59 bits per heavy atom. The number of carbonyl (C=O) groups is 1. The minimum absolute atomic E-state index is 0.0690. The molecule has 0 aromatic heterocycles. The van der Waals surface area contributed by atoms with Gasteiger partial charge in [0.05, 0.1) is 12.7 Å². The maximum Gasteiger partial charge on any atom is 0.325 e. The van der Waals surface area contributed by atoms with Crippen molar-refractivity contribution in [2.45, 2.75) is 32.3 Å². The summed E-state index contributed by atoms with van der Waals surface area (Å²) in [7, 11) is 0. The lowest BCUT2D eigenvalue weighted by atomic mass is 10.2. The van der Waals surface area contributed by atoms with E-state index < -0.39 is 6.23 Å².